The Morgan fingerprint density at radius 1 is 1.11 bits per heavy atom. The van der Waals surface area contributed by atoms with E-state index in [-0.39, 0.29) is 17.8 Å². The molecule has 1 aromatic rings. The second-order valence-electron chi connectivity index (χ2n) is 6.67. The molecule has 0 aliphatic heterocycles. The van der Waals surface area contributed by atoms with Gasteiger partial charge in [-0.2, -0.15) is 0 Å². The maximum absolute atomic E-state index is 12.6. The van der Waals surface area contributed by atoms with E-state index < -0.39 is 0 Å². The van der Waals surface area contributed by atoms with E-state index in [9.17, 15) is 9.59 Å². The number of nitrogens with zero attached hydrogens (tertiary/aromatic N) is 1. The fraction of sp³-hybridized carbons (Fsp3) is 0.545. The minimum atomic E-state index is -0.344. The third kappa shape index (κ3) is 8.76. The van der Waals surface area contributed by atoms with E-state index in [1.807, 2.05) is 24.3 Å². The Morgan fingerprint density at radius 3 is 2.41 bits per heavy atom. The molecule has 150 valence electrons. The van der Waals surface area contributed by atoms with Crippen LogP contribution in [0.3, 0.4) is 0 Å². The van der Waals surface area contributed by atoms with Gasteiger partial charge in [0.1, 0.15) is 5.75 Å². The number of hydrogen-bond donors (Lipinski definition) is 0. The summed E-state index contributed by atoms with van der Waals surface area (Å²) in [4.78, 5) is 26.1. The zero-order valence-corrected chi connectivity index (χ0v) is 17.1. The van der Waals surface area contributed by atoms with Gasteiger partial charge in [-0.1, -0.05) is 45.7 Å². The number of carbonyl (C=O) groups is 2. The number of amides is 1. The monoisotopic (exact) mass is 375 g/mol. The first kappa shape index (κ1) is 22.7. The van der Waals surface area contributed by atoms with Crippen LogP contribution in [0.25, 0.3) is 6.08 Å². The van der Waals surface area contributed by atoms with Crippen LogP contribution in [0.15, 0.2) is 30.3 Å². The molecule has 0 N–H and O–H groups in total. The smallest absolute Gasteiger partial charge is 0.310 e. The van der Waals surface area contributed by atoms with Crippen LogP contribution in [0.1, 0.15) is 52.0 Å². The molecule has 5 nitrogen and oxygen atoms in total. The SMILES string of the molecule is CCCCCN(CC(C)C(=O)OC)C(=O)/C=C/c1ccc(OCCC)cc1. The molecule has 1 aromatic carbocycles. The van der Waals surface area contributed by atoms with Crippen LogP contribution < -0.4 is 4.74 Å². The maximum atomic E-state index is 12.6. The number of esters is 1. The highest BCUT2D eigenvalue weighted by Gasteiger charge is 2.19. The number of ether oxygens (including phenoxy) is 2. The number of carbonyl (C=O) groups excluding carboxylic acids is 2. The minimum absolute atomic E-state index is 0.0897. The van der Waals surface area contributed by atoms with Gasteiger partial charge in [0.2, 0.25) is 5.91 Å². The lowest BCUT2D eigenvalue weighted by atomic mass is 10.1. The molecule has 0 aliphatic rings. The molecule has 0 saturated carbocycles. The van der Waals surface area contributed by atoms with Crippen molar-refractivity contribution in [1.82, 2.24) is 4.90 Å². The zero-order valence-electron chi connectivity index (χ0n) is 17.1. The predicted octanol–water partition coefficient (Wildman–Crippen LogP) is 4.32. The van der Waals surface area contributed by atoms with Gasteiger partial charge >= 0.3 is 5.97 Å². The first-order chi connectivity index (χ1) is 13.0. The summed E-state index contributed by atoms with van der Waals surface area (Å²) in [5, 5.41) is 0. The summed E-state index contributed by atoms with van der Waals surface area (Å²) in [6.45, 7) is 7.67. The highest BCUT2D eigenvalue weighted by atomic mass is 16.5. The molecule has 0 heterocycles. The Kier molecular flexibility index (Phi) is 10.9. The van der Waals surface area contributed by atoms with Crippen molar-refractivity contribution in [3.63, 3.8) is 0 Å². The van der Waals surface area contributed by atoms with Crippen molar-refractivity contribution in [1.29, 1.82) is 0 Å². The van der Waals surface area contributed by atoms with E-state index in [2.05, 4.69) is 13.8 Å². The van der Waals surface area contributed by atoms with Gasteiger partial charge in [0.25, 0.3) is 0 Å². The topological polar surface area (TPSA) is 55.8 Å². The Hall–Kier alpha value is -2.30. The van der Waals surface area contributed by atoms with Crippen molar-refractivity contribution >= 4 is 18.0 Å². The molecule has 1 atom stereocenters. The maximum Gasteiger partial charge on any atom is 0.310 e. The lowest BCUT2D eigenvalue weighted by molar-refractivity contribution is -0.146. The third-order valence-electron chi connectivity index (χ3n) is 4.21. The Balaban J connectivity index is 2.72. The standard InChI is InChI=1S/C22H33NO4/c1-5-7-8-15-23(17-18(3)22(25)26-4)21(24)14-11-19-9-12-20(13-10-19)27-16-6-2/h9-14,18H,5-8,15-17H2,1-4H3/b14-11+. The number of unbranched alkanes of at least 4 members (excludes halogenated alkanes) is 2. The van der Waals surface area contributed by atoms with Gasteiger partial charge in [-0.25, -0.2) is 0 Å². The molecule has 0 spiro atoms. The average Bonchev–Trinajstić information content (AvgIpc) is 2.69. The quantitative estimate of drug-likeness (QED) is 0.310. The van der Waals surface area contributed by atoms with Gasteiger partial charge in [0, 0.05) is 19.2 Å². The normalized spacial score (nSPS) is 12.0. The summed E-state index contributed by atoms with van der Waals surface area (Å²) < 4.78 is 10.3. The van der Waals surface area contributed by atoms with Gasteiger partial charge < -0.3 is 14.4 Å². The van der Waals surface area contributed by atoms with Gasteiger partial charge in [-0.05, 0) is 36.6 Å². The second-order valence-corrected chi connectivity index (χ2v) is 6.67. The molecule has 1 unspecified atom stereocenters. The molecule has 0 fully saturated rings. The van der Waals surface area contributed by atoms with Crippen LogP contribution in [-0.4, -0.2) is 43.6 Å². The fourth-order valence-corrected chi connectivity index (χ4v) is 2.62. The predicted molar refractivity (Wildman–Crippen MR) is 109 cm³/mol. The van der Waals surface area contributed by atoms with E-state index in [1.165, 1.54) is 7.11 Å². The molecule has 0 aliphatic carbocycles. The summed E-state index contributed by atoms with van der Waals surface area (Å²) in [6.07, 6.45) is 7.39. The summed E-state index contributed by atoms with van der Waals surface area (Å²) in [6, 6.07) is 7.65. The summed E-state index contributed by atoms with van der Waals surface area (Å²) in [5.41, 5.74) is 0.932. The number of methoxy groups -OCH3 is 1. The fourth-order valence-electron chi connectivity index (χ4n) is 2.62. The summed E-state index contributed by atoms with van der Waals surface area (Å²) >= 11 is 0. The molecular weight excluding hydrogens is 342 g/mol. The molecule has 5 heteroatoms. The zero-order chi connectivity index (χ0) is 20.1. The molecule has 0 saturated heterocycles. The van der Waals surface area contributed by atoms with Crippen LogP contribution in [0.5, 0.6) is 5.75 Å². The molecule has 1 amide bonds. The highest BCUT2D eigenvalue weighted by Crippen LogP contribution is 2.14. The number of rotatable bonds is 12. The van der Waals surface area contributed by atoms with Gasteiger partial charge in [-0.3, -0.25) is 9.59 Å². The number of hydrogen-bond acceptors (Lipinski definition) is 4. The van der Waals surface area contributed by atoms with Crippen LogP contribution in [0.4, 0.5) is 0 Å². The Morgan fingerprint density at radius 2 is 1.81 bits per heavy atom. The van der Waals surface area contributed by atoms with Crippen molar-refractivity contribution in [2.75, 3.05) is 26.8 Å². The second kappa shape index (κ2) is 13.0. The largest absolute Gasteiger partial charge is 0.494 e. The Labute approximate surface area is 163 Å². The van der Waals surface area contributed by atoms with Crippen LogP contribution in [0, 0.1) is 5.92 Å². The lowest BCUT2D eigenvalue weighted by Crippen LogP contribution is -2.37. The molecule has 1 rings (SSSR count). The number of benzene rings is 1. The molecule has 27 heavy (non-hydrogen) atoms. The lowest BCUT2D eigenvalue weighted by Gasteiger charge is -2.24. The van der Waals surface area contributed by atoms with E-state index in [0.717, 1.165) is 37.0 Å². The van der Waals surface area contributed by atoms with Crippen molar-refractivity contribution in [3.05, 3.63) is 35.9 Å². The average molecular weight is 376 g/mol. The van der Waals surface area contributed by atoms with Crippen molar-refractivity contribution in [2.45, 2.75) is 46.5 Å². The van der Waals surface area contributed by atoms with E-state index in [0.29, 0.717) is 19.7 Å². The van der Waals surface area contributed by atoms with Gasteiger partial charge in [0.15, 0.2) is 0 Å². The molecular formula is C22H33NO4. The molecule has 0 aromatic heterocycles. The van der Waals surface area contributed by atoms with Crippen LogP contribution in [0.2, 0.25) is 0 Å². The third-order valence-corrected chi connectivity index (χ3v) is 4.21. The van der Waals surface area contributed by atoms with E-state index in [1.54, 1.807) is 24.0 Å². The van der Waals surface area contributed by atoms with Gasteiger partial charge in [0.05, 0.1) is 19.6 Å². The highest BCUT2D eigenvalue weighted by molar-refractivity contribution is 5.92. The minimum Gasteiger partial charge on any atom is -0.494 e. The molecule has 0 bridgehead atoms. The van der Waals surface area contributed by atoms with Crippen molar-refractivity contribution < 1.29 is 19.1 Å². The molecule has 0 radical (unpaired) electrons. The van der Waals surface area contributed by atoms with E-state index >= 15 is 0 Å². The summed E-state index contributed by atoms with van der Waals surface area (Å²) in [7, 11) is 1.37. The first-order valence-corrected chi connectivity index (χ1v) is 9.79. The summed E-state index contributed by atoms with van der Waals surface area (Å²) in [5.74, 6) is 0.0977. The van der Waals surface area contributed by atoms with Crippen LogP contribution in [-0.2, 0) is 14.3 Å². The van der Waals surface area contributed by atoms with Crippen LogP contribution >= 0.6 is 0 Å². The van der Waals surface area contributed by atoms with E-state index in [4.69, 9.17) is 9.47 Å². The van der Waals surface area contributed by atoms with Crippen molar-refractivity contribution in [2.24, 2.45) is 5.92 Å². The van der Waals surface area contributed by atoms with Crippen molar-refractivity contribution in [3.8, 4) is 5.75 Å². The van der Waals surface area contributed by atoms with Gasteiger partial charge in [-0.15, -0.1) is 0 Å². The first-order valence-electron chi connectivity index (χ1n) is 9.79. The Bertz CT molecular complexity index is 595.